The van der Waals surface area contributed by atoms with E-state index in [1.54, 1.807) is 0 Å². The van der Waals surface area contributed by atoms with Crippen LogP contribution in [0.2, 0.25) is 0 Å². The van der Waals surface area contributed by atoms with Gasteiger partial charge in [0.05, 0.1) is 5.52 Å². The van der Waals surface area contributed by atoms with E-state index in [9.17, 15) is 0 Å². The molecule has 2 aromatic rings. The van der Waals surface area contributed by atoms with Crippen LogP contribution >= 0.6 is 0 Å². The van der Waals surface area contributed by atoms with Crippen molar-refractivity contribution in [2.75, 3.05) is 24.5 Å². The molecule has 2 atom stereocenters. The molecule has 3 rings (SSSR count). The van der Waals surface area contributed by atoms with Crippen LogP contribution in [0.5, 0.6) is 0 Å². The van der Waals surface area contributed by atoms with Gasteiger partial charge in [0.2, 0.25) is 0 Å². The zero-order chi connectivity index (χ0) is 14.7. The highest BCUT2D eigenvalue weighted by molar-refractivity contribution is 5.82. The quantitative estimate of drug-likeness (QED) is 0.935. The van der Waals surface area contributed by atoms with Crippen LogP contribution in [-0.2, 0) is 0 Å². The fourth-order valence-corrected chi connectivity index (χ4v) is 3.11. The van der Waals surface area contributed by atoms with Gasteiger partial charge < -0.3 is 10.2 Å². The fraction of sp³-hybridized carbons (Fsp3) is 0.500. The SMILES string of the molecule is CCC(C)C1CN(c2ccc3ncccc3c2)CCCN1. The van der Waals surface area contributed by atoms with Crippen LogP contribution in [0.15, 0.2) is 36.5 Å². The lowest BCUT2D eigenvalue weighted by atomic mass is 9.99. The van der Waals surface area contributed by atoms with Gasteiger partial charge in [0.25, 0.3) is 0 Å². The Morgan fingerprint density at radius 3 is 3.14 bits per heavy atom. The second-order valence-electron chi connectivity index (χ2n) is 6.13. The summed E-state index contributed by atoms with van der Waals surface area (Å²) in [5, 5.41) is 4.94. The molecule has 2 unspecified atom stereocenters. The summed E-state index contributed by atoms with van der Waals surface area (Å²) in [6.45, 7) is 7.99. The van der Waals surface area contributed by atoms with Crippen LogP contribution in [-0.4, -0.2) is 30.7 Å². The van der Waals surface area contributed by atoms with Crippen LogP contribution < -0.4 is 10.2 Å². The second kappa shape index (κ2) is 6.44. The van der Waals surface area contributed by atoms with Gasteiger partial charge in [-0.3, -0.25) is 4.98 Å². The number of rotatable bonds is 3. The van der Waals surface area contributed by atoms with Crippen molar-refractivity contribution in [2.45, 2.75) is 32.7 Å². The third-order valence-electron chi connectivity index (χ3n) is 4.71. The first-order valence-corrected chi connectivity index (χ1v) is 8.11. The Morgan fingerprint density at radius 1 is 1.38 bits per heavy atom. The Labute approximate surface area is 127 Å². The maximum Gasteiger partial charge on any atom is 0.0703 e. The van der Waals surface area contributed by atoms with Crippen LogP contribution in [0, 0.1) is 5.92 Å². The molecule has 0 bridgehead atoms. The normalized spacial score (nSPS) is 21.2. The van der Waals surface area contributed by atoms with Gasteiger partial charge in [0, 0.05) is 36.4 Å². The molecule has 3 nitrogen and oxygen atoms in total. The Kier molecular flexibility index (Phi) is 4.39. The minimum atomic E-state index is 0.585. The molecule has 1 saturated heterocycles. The molecule has 1 aromatic heterocycles. The third kappa shape index (κ3) is 3.18. The molecule has 0 amide bonds. The van der Waals surface area contributed by atoms with Gasteiger partial charge in [-0.25, -0.2) is 0 Å². The largest absolute Gasteiger partial charge is 0.370 e. The summed E-state index contributed by atoms with van der Waals surface area (Å²) in [4.78, 5) is 6.94. The van der Waals surface area contributed by atoms with E-state index in [0.29, 0.717) is 12.0 Å². The summed E-state index contributed by atoms with van der Waals surface area (Å²) < 4.78 is 0. The number of anilines is 1. The summed E-state index contributed by atoms with van der Waals surface area (Å²) in [5.41, 5.74) is 2.40. The molecule has 1 fully saturated rings. The lowest BCUT2D eigenvalue weighted by Gasteiger charge is -2.29. The van der Waals surface area contributed by atoms with Crippen molar-refractivity contribution >= 4 is 16.6 Å². The summed E-state index contributed by atoms with van der Waals surface area (Å²) in [7, 11) is 0. The van der Waals surface area contributed by atoms with Crippen molar-refractivity contribution in [1.82, 2.24) is 10.3 Å². The number of nitrogens with one attached hydrogen (secondary N) is 1. The molecule has 112 valence electrons. The first-order chi connectivity index (χ1) is 10.3. The maximum atomic E-state index is 4.41. The smallest absolute Gasteiger partial charge is 0.0703 e. The number of nitrogens with zero attached hydrogens (tertiary/aromatic N) is 2. The van der Waals surface area contributed by atoms with Crippen molar-refractivity contribution in [3.8, 4) is 0 Å². The molecule has 0 aliphatic carbocycles. The molecule has 3 heteroatoms. The zero-order valence-corrected chi connectivity index (χ0v) is 13.0. The zero-order valence-electron chi connectivity index (χ0n) is 13.0. The van der Waals surface area contributed by atoms with Crippen LogP contribution in [0.1, 0.15) is 26.7 Å². The number of hydrogen-bond acceptors (Lipinski definition) is 3. The van der Waals surface area contributed by atoms with Gasteiger partial charge in [0.1, 0.15) is 0 Å². The highest BCUT2D eigenvalue weighted by Crippen LogP contribution is 2.23. The molecule has 1 aliphatic heterocycles. The predicted octanol–water partition coefficient (Wildman–Crippen LogP) is 3.45. The van der Waals surface area contributed by atoms with Gasteiger partial charge in [-0.1, -0.05) is 26.3 Å². The van der Waals surface area contributed by atoms with Crippen molar-refractivity contribution in [3.05, 3.63) is 36.5 Å². The summed E-state index contributed by atoms with van der Waals surface area (Å²) >= 11 is 0. The number of fused-ring (bicyclic) bond motifs is 1. The van der Waals surface area contributed by atoms with E-state index in [0.717, 1.165) is 25.2 Å². The monoisotopic (exact) mass is 283 g/mol. The predicted molar refractivity (Wildman–Crippen MR) is 89.8 cm³/mol. The average molecular weight is 283 g/mol. The lowest BCUT2D eigenvalue weighted by Crippen LogP contribution is -2.42. The molecule has 1 N–H and O–H groups in total. The number of pyridine rings is 1. The van der Waals surface area contributed by atoms with E-state index < -0.39 is 0 Å². The van der Waals surface area contributed by atoms with E-state index in [-0.39, 0.29) is 0 Å². The van der Waals surface area contributed by atoms with E-state index in [1.165, 1.54) is 23.9 Å². The first-order valence-electron chi connectivity index (χ1n) is 8.11. The van der Waals surface area contributed by atoms with Crippen LogP contribution in [0.4, 0.5) is 5.69 Å². The standard InChI is InChI=1S/C18H25N3/c1-3-14(2)18-13-21(11-5-10-20-18)16-7-8-17-15(12-16)6-4-9-19-17/h4,6-9,12,14,18,20H,3,5,10-11,13H2,1-2H3. The average Bonchev–Trinajstić information content (AvgIpc) is 2.80. The van der Waals surface area contributed by atoms with Crippen molar-refractivity contribution < 1.29 is 0 Å². The lowest BCUT2D eigenvalue weighted by molar-refractivity contribution is 0.384. The molecule has 1 aliphatic rings. The van der Waals surface area contributed by atoms with Gasteiger partial charge >= 0.3 is 0 Å². The maximum absolute atomic E-state index is 4.41. The van der Waals surface area contributed by atoms with Crippen molar-refractivity contribution in [1.29, 1.82) is 0 Å². The summed E-state index contributed by atoms with van der Waals surface area (Å²) in [5.74, 6) is 0.715. The van der Waals surface area contributed by atoms with E-state index in [2.05, 4.69) is 53.3 Å². The van der Waals surface area contributed by atoms with Crippen molar-refractivity contribution in [2.24, 2.45) is 5.92 Å². The van der Waals surface area contributed by atoms with Crippen LogP contribution in [0.3, 0.4) is 0 Å². The fourth-order valence-electron chi connectivity index (χ4n) is 3.11. The molecular formula is C18H25N3. The number of benzene rings is 1. The van der Waals surface area contributed by atoms with Gasteiger partial charge in [-0.2, -0.15) is 0 Å². The van der Waals surface area contributed by atoms with Crippen LogP contribution in [0.25, 0.3) is 10.9 Å². The highest BCUT2D eigenvalue weighted by atomic mass is 15.2. The minimum Gasteiger partial charge on any atom is -0.370 e. The van der Waals surface area contributed by atoms with Gasteiger partial charge in [-0.05, 0) is 43.1 Å². The van der Waals surface area contributed by atoms with Gasteiger partial charge in [-0.15, -0.1) is 0 Å². The Bertz CT molecular complexity index is 596. The summed E-state index contributed by atoms with van der Waals surface area (Å²) in [6.07, 6.45) is 4.29. The molecule has 21 heavy (non-hydrogen) atoms. The van der Waals surface area contributed by atoms with E-state index in [4.69, 9.17) is 0 Å². The second-order valence-corrected chi connectivity index (χ2v) is 6.13. The molecule has 0 saturated carbocycles. The highest BCUT2D eigenvalue weighted by Gasteiger charge is 2.22. The minimum absolute atomic E-state index is 0.585. The third-order valence-corrected chi connectivity index (χ3v) is 4.71. The van der Waals surface area contributed by atoms with Crippen molar-refractivity contribution in [3.63, 3.8) is 0 Å². The molecule has 1 aromatic carbocycles. The Balaban J connectivity index is 1.85. The number of hydrogen-bond donors (Lipinski definition) is 1. The molecular weight excluding hydrogens is 258 g/mol. The topological polar surface area (TPSA) is 28.2 Å². The molecule has 2 heterocycles. The van der Waals surface area contributed by atoms with E-state index >= 15 is 0 Å². The Morgan fingerprint density at radius 2 is 2.29 bits per heavy atom. The number of aromatic nitrogens is 1. The first kappa shape index (κ1) is 14.3. The van der Waals surface area contributed by atoms with Gasteiger partial charge in [0.15, 0.2) is 0 Å². The molecule has 0 radical (unpaired) electrons. The molecule has 0 spiro atoms. The summed E-state index contributed by atoms with van der Waals surface area (Å²) in [6, 6.07) is 11.4. The Hall–Kier alpha value is -1.61. The van der Waals surface area contributed by atoms with E-state index in [1.807, 2.05) is 12.3 Å².